The van der Waals surface area contributed by atoms with Crippen LogP contribution in [0.3, 0.4) is 0 Å². The second-order valence-electron chi connectivity index (χ2n) is 5.36. The highest BCUT2D eigenvalue weighted by molar-refractivity contribution is 5.91. The molecule has 0 spiro atoms. The van der Waals surface area contributed by atoms with Crippen LogP contribution in [-0.2, 0) is 0 Å². The number of rotatable bonds is 2. The zero-order valence-corrected chi connectivity index (χ0v) is 12.0. The summed E-state index contributed by atoms with van der Waals surface area (Å²) in [7, 11) is 0. The first-order chi connectivity index (χ1) is 9.09. The van der Waals surface area contributed by atoms with Crippen LogP contribution in [0.15, 0.2) is 18.2 Å². The monoisotopic (exact) mass is 261 g/mol. The van der Waals surface area contributed by atoms with Crippen molar-refractivity contribution in [2.75, 3.05) is 31.5 Å². The summed E-state index contributed by atoms with van der Waals surface area (Å²) >= 11 is 0. The molecule has 0 aliphatic carbocycles. The third kappa shape index (κ3) is 3.26. The Morgan fingerprint density at radius 1 is 1.32 bits per heavy atom. The van der Waals surface area contributed by atoms with Gasteiger partial charge in [0.15, 0.2) is 0 Å². The lowest BCUT2D eigenvalue weighted by molar-refractivity contribution is 0.204. The average molecular weight is 261 g/mol. The summed E-state index contributed by atoms with van der Waals surface area (Å²) in [6, 6.07) is 6.19. The largest absolute Gasteiger partial charge is 0.322 e. The number of benzene rings is 1. The van der Waals surface area contributed by atoms with Crippen molar-refractivity contribution in [2.24, 2.45) is 0 Å². The molecule has 0 saturated carbocycles. The van der Waals surface area contributed by atoms with Crippen molar-refractivity contribution in [3.8, 4) is 0 Å². The van der Waals surface area contributed by atoms with Crippen LogP contribution in [0.4, 0.5) is 10.5 Å². The van der Waals surface area contributed by atoms with E-state index in [0.717, 1.165) is 37.4 Å². The third-order valence-corrected chi connectivity index (χ3v) is 3.56. The van der Waals surface area contributed by atoms with Gasteiger partial charge in [-0.2, -0.15) is 0 Å². The van der Waals surface area contributed by atoms with Crippen LogP contribution in [0.5, 0.6) is 0 Å². The molecule has 0 radical (unpaired) electrons. The standard InChI is InChI=1S/C15H23N3O/c1-11(2)13-6-4-5-12(3)14(13)17-15(19)18-9-7-16-8-10-18/h4-6,11,16H,7-10H2,1-3H3,(H,17,19). The van der Waals surface area contributed by atoms with Crippen LogP contribution in [-0.4, -0.2) is 37.1 Å². The first kappa shape index (κ1) is 13.9. The van der Waals surface area contributed by atoms with Gasteiger partial charge in [0.25, 0.3) is 0 Å². The Morgan fingerprint density at radius 3 is 2.63 bits per heavy atom. The summed E-state index contributed by atoms with van der Waals surface area (Å²) in [6.07, 6.45) is 0. The number of amides is 2. The predicted octanol–water partition coefficient (Wildman–Crippen LogP) is 2.56. The predicted molar refractivity (Wildman–Crippen MR) is 78.7 cm³/mol. The fourth-order valence-corrected chi connectivity index (χ4v) is 2.40. The van der Waals surface area contributed by atoms with Gasteiger partial charge in [-0.15, -0.1) is 0 Å². The molecule has 104 valence electrons. The molecule has 2 N–H and O–H groups in total. The molecular formula is C15H23N3O. The van der Waals surface area contributed by atoms with E-state index in [1.54, 1.807) is 0 Å². The minimum absolute atomic E-state index is 0.0118. The molecule has 0 aromatic heterocycles. The minimum atomic E-state index is 0.0118. The maximum Gasteiger partial charge on any atom is 0.321 e. The maximum absolute atomic E-state index is 12.3. The van der Waals surface area contributed by atoms with Crippen LogP contribution in [0.2, 0.25) is 0 Å². The number of piperazine rings is 1. The molecule has 4 nitrogen and oxygen atoms in total. The second-order valence-corrected chi connectivity index (χ2v) is 5.36. The molecule has 0 unspecified atom stereocenters. The smallest absolute Gasteiger partial charge is 0.321 e. The van der Waals surface area contributed by atoms with E-state index in [0.29, 0.717) is 5.92 Å². The highest BCUT2D eigenvalue weighted by Gasteiger charge is 2.18. The van der Waals surface area contributed by atoms with Gasteiger partial charge in [0.05, 0.1) is 0 Å². The number of hydrogen-bond acceptors (Lipinski definition) is 2. The Bertz CT molecular complexity index is 451. The van der Waals surface area contributed by atoms with Gasteiger partial charge >= 0.3 is 6.03 Å². The number of nitrogens with zero attached hydrogens (tertiary/aromatic N) is 1. The number of carbonyl (C=O) groups excluding carboxylic acids is 1. The van der Waals surface area contributed by atoms with E-state index in [1.807, 2.05) is 24.0 Å². The summed E-state index contributed by atoms with van der Waals surface area (Å²) in [4.78, 5) is 14.1. The van der Waals surface area contributed by atoms with Gasteiger partial charge in [0.1, 0.15) is 0 Å². The van der Waals surface area contributed by atoms with Crippen LogP contribution >= 0.6 is 0 Å². The second kappa shape index (κ2) is 6.06. The number of carbonyl (C=O) groups is 1. The molecule has 1 heterocycles. The molecule has 1 aliphatic rings. The van der Waals surface area contributed by atoms with Crippen LogP contribution in [0, 0.1) is 6.92 Å². The van der Waals surface area contributed by atoms with E-state index < -0.39 is 0 Å². The van der Waals surface area contributed by atoms with Crippen molar-refractivity contribution < 1.29 is 4.79 Å². The van der Waals surface area contributed by atoms with E-state index in [4.69, 9.17) is 0 Å². The molecular weight excluding hydrogens is 238 g/mol. The van der Waals surface area contributed by atoms with Crippen molar-refractivity contribution >= 4 is 11.7 Å². The zero-order chi connectivity index (χ0) is 13.8. The van der Waals surface area contributed by atoms with Crippen LogP contribution in [0.1, 0.15) is 30.9 Å². The lowest BCUT2D eigenvalue weighted by Gasteiger charge is -2.28. The number of anilines is 1. The van der Waals surface area contributed by atoms with Crippen molar-refractivity contribution in [2.45, 2.75) is 26.7 Å². The van der Waals surface area contributed by atoms with Gasteiger partial charge < -0.3 is 15.5 Å². The highest BCUT2D eigenvalue weighted by Crippen LogP contribution is 2.27. The third-order valence-electron chi connectivity index (χ3n) is 3.56. The quantitative estimate of drug-likeness (QED) is 0.859. The molecule has 0 atom stereocenters. The van der Waals surface area contributed by atoms with Crippen molar-refractivity contribution in [1.82, 2.24) is 10.2 Å². The zero-order valence-electron chi connectivity index (χ0n) is 12.0. The SMILES string of the molecule is Cc1cccc(C(C)C)c1NC(=O)N1CCNCC1. The summed E-state index contributed by atoms with van der Waals surface area (Å²) in [5, 5.41) is 6.34. The number of aryl methyl sites for hydroxylation is 1. The van der Waals surface area contributed by atoms with Gasteiger partial charge in [-0.3, -0.25) is 0 Å². The molecule has 1 aliphatic heterocycles. The molecule has 1 aromatic rings. The molecule has 1 fully saturated rings. The van der Waals surface area contributed by atoms with Gasteiger partial charge in [-0.1, -0.05) is 32.0 Å². The molecule has 0 bridgehead atoms. The molecule has 2 rings (SSSR count). The van der Waals surface area contributed by atoms with Crippen molar-refractivity contribution in [3.05, 3.63) is 29.3 Å². The first-order valence-corrected chi connectivity index (χ1v) is 6.95. The fourth-order valence-electron chi connectivity index (χ4n) is 2.40. The normalized spacial score (nSPS) is 15.7. The minimum Gasteiger partial charge on any atom is -0.322 e. The molecule has 4 heteroatoms. The lowest BCUT2D eigenvalue weighted by atomic mass is 9.98. The van der Waals surface area contributed by atoms with Gasteiger partial charge in [0, 0.05) is 31.9 Å². The lowest BCUT2D eigenvalue weighted by Crippen LogP contribution is -2.48. The van der Waals surface area contributed by atoms with Crippen molar-refractivity contribution in [3.63, 3.8) is 0 Å². The number of nitrogens with one attached hydrogen (secondary N) is 2. The van der Waals surface area contributed by atoms with E-state index in [-0.39, 0.29) is 6.03 Å². The maximum atomic E-state index is 12.3. The van der Waals surface area contributed by atoms with Gasteiger partial charge in [-0.05, 0) is 24.0 Å². The van der Waals surface area contributed by atoms with Gasteiger partial charge in [-0.25, -0.2) is 4.79 Å². The molecule has 19 heavy (non-hydrogen) atoms. The topological polar surface area (TPSA) is 44.4 Å². The Balaban J connectivity index is 2.15. The summed E-state index contributed by atoms with van der Waals surface area (Å²) in [5.41, 5.74) is 3.29. The van der Waals surface area contributed by atoms with E-state index in [2.05, 4.69) is 30.5 Å². The van der Waals surface area contributed by atoms with Crippen molar-refractivity contribution in [1.29, 1.82) is 0 Å². The van der Waals surface area contributed by atoms with E-state index >= 15 is 0 Å². The summed E-state index contributed by atoms with van der Waals surface area (Å²) < 4.78 is 0. The Hall–Kier alpha value is -1.55. The number of para-hydroxylation sites is 1. The Morgan fingerprint density at radius 2 is 2.00 bits per heavy atom. The number of hydrogen-bond donors (Lipinski definition) is 2. The summed E-state index contributed by atoms with van der Waals surface area (Å²) in [5.74, 6) is 0.401. The average Bonchev–Trinajstić information content (AvgIpc) is 2.41. The molecule has 1 saturated heterocycles. The highest BCUT2D eigenvalue weighted by atomic mass is 16.2. The molecule has 1 aromatic carbocycles. The van der Waals surface area contributed by atoms with E-state index in [1.165, 1.54) is 5.56 Å². The van der Waals surface area contributed by atoms with E-state index in [9.17, 15) is 4.79 Å². The molecule has 2 amide bonds. The summed E-state index contributed by atoms with van der Waals surface area (Å²) in [6.45, 7) is 9.63. The Labute approximate surface area is 115 Å². The first-order valence-electron chi connectivity index (χ1n) is 6.95. The van der Waals surface area contributed by atoms with Gasteiger partial charge in [0.2, 0.25) is 0 Å². The van der Waals surface area contributed by atoms with Crippen LogP contribution < -0.4 is 10.6 Å². The Kier molecular flexibility index (Phi) is 4.43. The fraction of sp³-hybridized carbons (Fsp3) is 0.533. The van der Waals surface area contributed by atoms with Crippen LogP contribution in [0.25, 0.3) is 0 Å². The number of urea groups is 1.